The molecule has 24 heavy (non-hydrogen) atoms. The molecule has 2 rings (SSSR count). The molecule has 0 aromatic heterocycles. The zero-order chi connectivity index (χ0) is 17.4. The van der Waals surface area contributed by atoms with Crippen molar-refractivity contribution in [2.75, 3.05) is 0 Å². The predicted octanol–water partition coefficient (Wildman–Crippen LogP) is -0.101. The SMILES string of the molecule is C[Si](C)(C)C1=[C-]CC=C1.C[Si](C)(C)C1=[C-]CC=C1.C[Si](C)=[Ti+2].[Cl-].[Cl-]. The van der Waals surface area contributed by atoms with Gasteiger partial charge in [0, 0.05) is 16.1 Å². The standard InChI is InChI=1S/2C8H13Si.C2H6Si.2ClH.Ti/c2*1-9(2,3)8-6-4-5-7-8;1-3-2;;;/h2*4,6H,5H2,1-3H3;1-2H3;2*1H;/q2*-1;;;;+2/p-2. The van der Waals surface area contributed by atoms with E-state index in [0.717, 1.165) is 12.8 Å². The zero-order valence-electron chi connectivity index (χ0n) is 16.5. The first kappa shape index (κ1) is 29.7. The van der Waals surface area contributed by atoms with E-state index in [1.807, 2.05) is 0 Å². The van der Waals surface area contributed by atoms with Gasteiger partial charge in [0.15, 0.2) is 0 Å². The van der Waals surface area contributed by atoms with Gasteiger partial charge in [-0.3, -0.25) is 12.2 Å². The van der Waals surface area contributed by atoms with E-state index in [0.29, 0.717) is 0 Å². The van der Waals surface area contributed by atoms with E-state index < -0.39 is 16.1 Å². The Morgan fingerprint density at radius 1 is 0.792 bits per heavy atom. The van der Waals surface area contributed by atoms with Crippen LogP contribution < -0.4 is 24.8 Å². The minimum atomic E-state index is -1.01. The van der Waals surface area contributed by atoms with Crippen LogP contribution in [0.5, 0.6) is 0 Å². The minimum absolute atomic E-state index is 0. The van der Waals surface area contributed by atoms with Crippen molar-refractivity contribution in [3.63, 3.8) is 0 Å². The van der Waals surface area contributed by atoms with Crippen molar-refractivity contribution < 1.29 is 44.0 Å². The van der Waals surface area contributed by atoms with Gasteiger partial charge in [-0.1, -0.05) is 39.3 Å². The van der Waals surface area contributed by atoms with Crippen molar-refractivity contribution in [1.82, 2.24) is 0 Å². The average molecular weight is 451 g/mol. The molecule has 0 bridgehead atoms. The number of halogens is 2. The summed E-state index contributed by atoms with van der Waals surface area (Å²) >= 11 is 2.27. The molecule has 2 aliphatic rings. The van der Waals surface area contributed by atoms with Gasteiger partial charge in [-0.05, 0) is 0 Å². The van der Waals surface area contributed by atoms with E-state index in [2.05, 4.69) is 108 Å². The molecule has 0 nitrogen and oxygen atoms in total. The molecule has 0 radical (unpaired) electrons. The van der Waals surface area contributed by atoms with Crippen molar-refractivity contribution in [3.8, 4) is 0 Å². The van der Waals surface area contributed by atoms with Crippen LogP contribution in [0.15, 0.2) is 34.7 Å². The second-order valence-electron chi connectivity index (χ2n) is 7.89. The second kappa shape index (κ2) is 14.0. The number of rotatable bonds is 2. The van der Waals surface area contributed by atoms with E-state index in [-0.39, 0.29) is 31.0 Å². The molecule has 6 heteroatoms. The Hall–Kier alpha value is 0.905. The summed E-state index contributed by atoms with van der Waals surface area (Å²) in [5.74, 6) is 0. The molecular formula is C18H32Cl2Si3Ti-2. The van der Waals surface area contributed by atoms with Crippen molar-refractivity contribution >= 4 is 22.3 Å². The third kappa shape index (κ3) is 15.2. The fourth-order valence-corrected chi connectivity index (χ4v) is 4.34. The monoisotopic (exact) mass is 450 g/mol. The van der Waals surface area contributed by atoms with Gasteiger partial charge < -0.3 is 24.8 Å². The summed E-state index contributed by atoms with van der Waals surface area (Å²) in [5.41, 5.74) is 0. The quantitative estimate of drug-likeness (QED) is 0.407. The van der Waals surface area contributed by atoms with Crippen molar-refractivity contribution in [2.45, 2.75) is 65.2 Å². The largest absolute Gasteiger partial charge is 1.00 e. The van der Waals surface area contributed by atoms with E-state index >= 15 is 0 Å². The normalized spacial score (nSPS) is 14.9. The van der Waals surface area contributed by atoms with Gasteiger partial charge in [-0.2, -0.15) is 12.2 Å². The molecule has 0 aliphatic heterocycles. The first-order chi connectivity index (χ1) is 9.94. The number of hydrogen-bond donors (Lipinski definition) is 0. The molecule has 0 atom stereocenters. The van der Waals surface area contributed by atoms with Gasteiger partial charge >= 0.3 is 38.5 Å². The van der Waals surface area contributed by atoms with Crippen LogP contribution in [-0.4, -0.2) is 22.3 Å². The predicted molar refractivity (Wildman–Crippen MR) is 105 cm³/mol. The molecule has 0 aromatic carbocycles. The van der Waals surface area contributed by atoms with E-state index in [1.165, 1.54) is 10.4 Å². The molecule has 0 amide bonds. The molecule has 0 aromatic rings. The fourth-order valence-electron chi connectivity index (χ4n) is 1.84. The van der Waals surface area contributed by atoms with E-state index in [4.69, 9.17) is 0 Å². The molecule has 0 N–H and O–H groups in total. The molecule has 2 aliphatic carbocycles. The molecule has 0 saturated carbocycles. The Bertz CT molecular complexity index is 449. The van der Waals surface area contributed by atoms with Crippen LogP contribution in [-0.2, 0) is 19.2 Å². The second-order valence-corrected chi connectivity index (χ2v) is 24.7. The maximum Gasteiger partial charge on any atom is -1.00 e. The molecule has 0 fully saturated rings. The van der Waals surface area contributed by atoms with Crippen LogP contribution in [0.25, 0.3) is 0 Å². The van der Waals surface area contributed by atoms with Crippen molar-refractivity contribution in [2.24, 2.45) is 0 Å². The molecule has 0 saturated heterocycles. The molecule has 136 valence electrons. The Kier molecular flexibility index (Phi) is 17.3. The Balaban J connectivity index is -0.000000283. The van der Waals surface area contributed by atoms with Crippen LogP contribution in [0.2, 0.25) is 52.4 Å². The summed E-state index contributed by atoms with van der Waals surface area (Å²) in [6.45, 7) is 18.7. The van der Waals surface area contributed by atoms with Gasteiger partial charge in [0.1, 0.15) is 0 Å². The van der Waals surface area contributed by atoms with Crippen LogP contribution in [0.1, 0.15) is 12.8 Å². The van der Waals surface area contributed by atoms with Crippen molar-refractivity contribution in [3.05, 3.63) is 46.8 Å². The third-order valence-corrected chi connectivity index (χ3v) is 6.92. The Morgan fingerprint density at radius 3 is 1.12 bits per heavy atom. The summed E-state index contributed by atoms with van der Waals surface area (Å²) < 4.78 is 0. The third-order valence-electron chi connectivity index (χ3n) is 3.01. The van der Waals surface area contributed by atoms with Gasteiger partial charge in [-0.25, -0.2) is 22.5 Å². The maximum atomic E-state index is 3.36. The summed E-state index contributed by atoms with van der Waals surface area (Å²) in [7, 11) is -2.01. The van der Waals surface area contributed by atoms with Crippen molar-refractivity contribution in [1.29, 1.82) is 0 Å². The molecular weight excluding hydrogens is 419 g/mol. The van der Waals surface area contributed by atoms with E-state index in [9.17, 15) is 0 Å². The smallest absolute Gasteiger partial charge is 1.00 e. The van der Waals surface area contributed by atoms with Gasteiger partial charge in [0.25, 0.3) is 0 Å². The topological polar surface area (TPSA) is 0 Å². The van der Waals surface area contributed by atoms with Gasteiger partial charge in [0.2, 0.25) is 0 Å². The minimum Gasteiger partial charge on any atom is -1.00 e. The Morgan fingerprint density at radius 2 is 1.04 bits per heavy atom. The van der Waals surface area contributed by atoms with Crippen LogP contribution in [0, 0.1) is 12.2 Å². The first-order valence-corrected chi connectivity index (χ1v) is 19.9. The van der Waals surface area contributed by atoms with Crippen LogP contribution >= 0.6 is 0 Å². The number of allylic oxidation sites excluding steroid dienone is 8. The van der Waals surface area contributed by atoms with Gasteiger partial charge in [-0.15, -0.1) is 12.8 Å². The van der Waals surface area contributed by atoms with Crippen LogP contribution in [0.3, 0.4) is 0 Å². The number of hydrogen-bond acceptors (Lipinski definition) is 0. The summed E-state index contributed by atoms with van der Waals surface area (Å²) in [6, 6.07) is 0. The summed E-state index contributed by atoms with van der Waals surface area (Å²) in [6.07, 6.45) is 17.8. The molecule has 0 unspecified atom stereocenters. The van der Waals surface area contributed by atoms with Gasteiger partial charge in [0.05, 0.1) is 0 Å². The van der Waals surface area contributed by atoms with E-state index in [1.54, 1.807) is 0 Å². The Labute approximate surface area is 177 Å². The molecule has 0 spiro atoms. The average Bonchev–Trinajstić information content (AvgIpc) is 3.02. The van der Waals surface area contributed by atoms with Crippen LogP contribution in [0.4, 0.5) is 0 Å². The molecule has 0 heterocycles. The maximum absolute atomic E-state index is 3.36. The zero-order valence-corrected chi connectivity index (χ0v) is 22.6. The first-order valence-electron chi connectivity index (χ1n) is 8.02. The summed E-state index contributed by atoms with van der Waals surface area (Å²) in [5, 5.41) is 2.98. The summed E-state index contributed by atoms with van der Waals surface area (Å²) in [4.78, 5) is 0. The fraction of sp³-hybridized carbons (Fsp3) is 0.556.